The molecule has 5 nitrogen and oxygen atoms in total. The summed E-state index contributed by atoms with van der Waals surface area (Å²) >= 11 is 1.54. The first-order chi connectivity index (χ1) is 10.2. The number of benzene rings is 1. The number of aromatic amines is 1. The average Bonchev–Trinajstić information content (AvgIpc) is 3.04. The van der Waals surface area contributed by atoms with Crippen molar-refractivity contribution in [2.45, 2.75) is 36.7 Å². The van der Waals surface area contributed by atoms with Crippen LogP contribution < -0.4 is 5.32 Å². The molecule has 0 amide bonds. The van der Waals surface area contributed by atoms with E-state index in [-0.39, 0.29) is 12.0 Å². The number of aliphatic hydroxyl groups excluding tert-OH is 1. The van der Waals surface area contributed by atoms with E-state index >= 15 is 0 Å². The van der Waals surface area contributed by atoms with Crippen molar-refractivity contribution < 1.29 is 5.11 Å². The van der Waals surface area contributed by atoms with Gasteiger partial charge in [-0.25, -0.2) is 4.98 Å². The normalized spacial score (nSPS) is 11.6. The van der Waals surface area contributed by atoms with Gasteiger partial charge in [0.1, 0.15) is 6.33 Å². The van der Waals surface area contributed by atoms with Crippen molar-refractivity contribution in [3.8, 4) is 0 Å². The Bertz CT molecular complexity index is 515. The second kappa shape index (κ2) is 7.47. The molecular formula is C15H22N4OS. The number of nitrogens with one attached hydrogen (secondary N) is 2. The largest absolute Gasteiger partial charge is 0.396 e. The molecule has 0 aliphatic carbocycles. The lowest BCUT2D eigenvalue weighted by Gasteiger charge is -2.30. The number of aromatic nitrogens is 3. The van der Waals surface area contributed by atoms with Crippen molar-refractivity contribution in [1.82, 2.24) is 15.2 Å². The van der Waals surface area contributed by atoms with Gasteiger partial charge in [0, 0.05) is 22.5 Å². The Kier molecular flexibility index (Phi) is 5.64. The molecule has 21 heavy (non-hydrogen) atoms. The molecule has 0 unspecified atom stereocenters. The molecule has 1 heterocycles. The summed E-state index contributed by atoms with van der Waals surface area (Å²) in [7, 11) is 0. The van der Waals surface area contributed by atoms with Crippen LogP contribution in [0.5, 0.6) is 0 Å². The van der Waals surface area contributed by atoms with Crippen molar-refractivity contribution in [1.29, 1.82) is 0 Å². The second-order valence-electron chi connectivity index (χ2n) is 5.14. The molecular weight excluding hydrogens is 284 g/mol. The maximum atomic E-state index is 9.58. The molecule has 0 spiro atoms. The van der Waals surface area contributed by atoms with Gasteiger partial charge in [0.05, 0.1) is 6.61 Å². The van der Waals surface area contributed by atoms with E-state index < -0.39 is 0 Å². The first-order valence-electron chi connectivity index (χ1n) is 7.19. The zero-order chi connectivity index (χ0) is 15.1. The molecule has 2 rings (SSSR count). The maximum absolute atomic E-state index is 9.58. The van der Waals surface area contributed by atoms with E-state index in [1.54, 1.807) is 11.8 Å². The third kappa shape index (κ3) is 4.22. The van der Waals surface area contributed by atoms with Crippen LogP contribution in [-0.2, 0) is 0 Å². The fourth-order valence-corrected chi connectivity index (χ4v) is 2.76. The molecule has 2 aromatic rings. The molecule has 0 aliphatic heterocycles. The Labute approximate surface area is 129 Å². The molecule has 1 aromatic carbocycles. The molecule has 0 aliphatic rings. The van der Waals surface area contributed by atoms with Gasteiger partial charge in [-0.15, -0.1) is 0 Å². The molecule has 0 saturated heterocycles. The van der Waals surface area contributed by atoms with Crippen LogP contribution in [0.15, 0.2) is 40.6 Å². The standard InChI is InChI=1S/C15H22N4OS/c1-3-15(4-2,10-20)9-16-12-5-7-13(8-6-12)21-14-17-11-18-19-14/h5-8,11,16,20H,3-4,9-10H2,1-2H3,(H,17,18,19). The van der Waals surface area contributed by atoms with Crippen LogP contribution in [0.2, 0.25) is 0 Å². The highest BCUT2D eigenvalue weighted by molar-refractivity contribution is 7.99. The molecule has 0 atom stereocenters. The van der Waals surface area contributed by atoms with Crippen molar-refractivity contribution >= 4 is 17.4 Å². The summed E-state index contributed by atoms with van der Waals surface area (Å²) in [4.78, 5) is 5.20. The van der Waals surface area contributed by atoms with Gasteiger partial charge >= 0.3 is 0 Å². The summed E-state index contributed by atoms with van der Waals surface area (Å²) in [5, 5.41) is 20.4. The zero-order valence-electron chi connectivity index (χ0n) is 12.5. The zero-order valence-corrected chi connectivity index (χ0v) is 13.3. The first-order valence-corrected chi connectivity index (χ1v) is 8.01. The lowest BCUT2D eigenvalue weighted by atomic mass is 9.83. The van der Waals surface area contributed by atoms with Gasteiger partial charge in [-0.2, -0.15) is 5.10 Å². The number of rotatable bonds is 8. The third-order valence-corrected chi connectivity index (χ3v) is 4.86. The van der Waals surface area contributed by atoms with Gasteiger partial charge in [-0.05, 0) is 37.1 Å². The minimum Gasteiger partial charge on any atom is -0.396 e. The Morgan fingerprint density at radius 3 is 2.48 bits per heavy atom. The smallest absolute Gasteiger partial charge is 0.188 e. The fourth-order valence-electron chi connectivity index (χ4n) is 2.06. The lowest BCUT2D eigenvalue weighted by molar-refractivity contribution is 0.127. The molecule has 0 fully saturated rings. The third-order valence-electron chi connectivity index (χ3n) is 3.96. The molecule has 0 radical (unpaired) electrons. The number of anilines is 1. The van der Waals surface area contributed by atoms with Gasteiger partial charge < -0.3 is 10.4 Å². The van der Waals surface area contributed by atoms with E-state index in [1.807, 2.05) is 24.3 Å². The van der Waals surface area contributed by atoms with Crippen LogP contribution in [0.25, 0.3) is 0 Å². The van der Waals surface area contributed by atoms with Gasteiger partial charge in [-0.1, -0.05) is 25.6 Å². The van der Waals surface area contributed by atoms with Crippen molar-refractivity contribution in [2.24, 2.45) is 5.41 Å². The summed E-state index contributed by atoms with van der Waals surface area (Å²) in [6.45, 7) is 5.24. The van der Waals surface area contributed by atoms with Crippen molar-refractivity contribution in [3.05, 3.63) is 30.6 Å². The lowest BCUT2D eigenvalue weighted by Crippen LogP contribution is -2.32. The SMILES string of the molecule is CCC(CC)(CO)CNc1ccc(Sc2ncn[nH]2)cc1. The molecule has 114 valence electrons. The van der Waals surface area contributed by atoms with E-state index in [0.717, 1.165) is 35.1 Å². The Hall–Kier alpha value is -1.53. The monoisotopic (exact) mass is 306 g/mol. The second-order valence-corrected chi connectivity index (χ2v) is 6.20. The van der Waals surface area contributed by atoms with Crippen LogP contribution in [0, 0.1) is 5.41 Å². The van der Waals surface area contributed by atoms with Crippen LogP contribution in [0.4, 0.5) is 5.69 Å². The Morgan fingerprint density at radius 1 is 1.24 bits per heavy atom. The average molecular weight is 306 g/mol. The number of hydrogen-bond acceptors (Lipinski definition) is 5. The van der Waals surface area contributed by atoms with Crippen LogP contribution in [0.3, 0.4) is 0 Å². The number of aliphatic hydroxyl groups is 1. The van der Waals surface area contributed by atoms with E-state index in [9.17, 15) is 5.11 Å². The topological polar surface area (TPSA) is 73.8 Å². The van der Waals surface area contributed by atoms with E-state index in [4.69, 9.17) is 0 Å². The van der Waals surface area contributed by atoms with Gasteiger partial charge in [-0.3, -0.25) is 5.10 Å². The summed E-state index contributed by atoms with van der Waals surface area (Å²) in [6, 6.07) is 8.19. The fraction of sp³-hybridized carbons (Fsp3) is 0.467. The predicted octanol–water partition coefficient (Wildman–Crippen LogP) is 3.17. The number of hydrogen-bond donors (Lipinski definition) is 3. The maximum Gasteiger partial charge on any atom is 0.188 e. The van der Waals surface area contributed by atoms with Crippen molar-refractivity contribution in [3.63, 3.8) is 0 Å². The summed E-state index contributed by atoms with van der Waals surface area (Å²) in [5.41, 5.74) is 1.03. The van der Waals surface area contributed by atoms with Crippen LogP contribution in [0.1, 0.15) is 26.7 Å². The number of nitrogens with zero attached hydrogens (tertiary/aromatic N) is 2. The van der Waals surface area contributed by atoms with Gasteiger partial charge in [0.15, 0.2) is 5.16 Å². The van der Waals surface area contributed by atoms with E-state index in [0.29, 0.717) is 0 Å². The highest BCUT2D eigenvalue weighted by Crippen LogP contribution is 2.28. The first kappa shape index (κ1) is 15.9. The predicted molar refractivity (Wildman–Crippen MR) is 85.5 cm³/mol. The summed E-state index contributed by atoms with van der Waals surface area (Å²) in [6.07, 6.45) is 3.43. The van der Waals surface area contributed by atoms with Crippen LogP contribution >= 0.6 is 11.8 Å². The quantitative estimate of drug-likeness (QED) is 0.698. The van der Waals surface area contributed by atoms with E-state index in [2.05, 4.69) is 34.3 Å². The Morgan fingerprint density at radius 2 is 1.95 bits per heavy atom. The number of H-pyrrole nitrogens is 1. The Balaban J connectivity index is 1.93. The van der Waals surface area contributed by atoms with Gasteiger partial charge in [0.25, 0.3) is 0 Å². The molecule has 1 aromatic heterocycles. The van der Waals surface area contributed by atoms with E-state index in [1.165, 1.54) is 6.33 Å². The molecule has 3 N–H and O–H groups in total. The summed E-state index contributed by atoms with van der Waals surface area (Å²) < 4.78 is 0. The molecule has 6 heteroatoms. The van der Waals surface area contributed by atoms with Crippen molar-refractivity contribution in [2.75, 3.05) is 18.5 Å². The molecule has 0 saturated carbocycles. The van der Waals surface area contributed by atoms with Crippen LogP contribution in [-0.4, -0.2) is 33.4 Å². The minimum atomic E-state index is -0.0345. The summed E-state index contributed by atoms with van der Waals surface area (Å²) in [5.74, 6) is 0. The highest BCUT2D eigenvalue weighted by Gasteiger charge is 2.24. The van der Waals surface area contributed by atoms with Gasteiger partial charge in [0.2, 0.25) is 0 Å². The molecule has 0 bridgehead atoms. The minimum absolute atomic E-state index is 0.0345. The highest BCUT2D eigenvalue weighted by atomic mass is 32.2.